The first-order valence-corrected chi connectivity index (χ1v) is 7.95. The summed E-state index contributed by atoms with van der Waals surface area (Å²) in [4.78, 5) is 4.81. The number of hydrogen-bond donors (Lipinski definition) is 0. The standard InChI is InChI=1S/C19H30N/c1-8-19(7,9-2)13-20-18-16(14(3)4)11-10-12-17(18)15(5)6/h10-12,14-15H,8-9H2,1-7H3/q+1. The maximum absolute atomic E-state index is 4.81. The molecule has 0 unspecified atom stereocenters. The van der Waals surface area contributed by atoms with Crippen molar-refractivity contribution in [2.75, 3.05) is 0 Å². The van der Waals surface area contributed by atoms with Crippen LogP contribution in [0.1, 0.15) is 84.3 Å². The summed E-state index contributed by atoms with van der Waals surface area (Å²) in [7, 11) is 0. The predicted octanol–water partition coefficient (Wildman–Crippen LogP) is 6.72. The highest BCUT2D eigenvalue weighted by Crippen LogP contribution is 2.36. The fourth-order valence-corrected chi connectivity index (χ4v) is 2.24. The van der Waals surface area contributed by atoms with Gasteiger partial charge in [-0.15, -0.1) is 0 Å². The Bertz CT molecular complexity index is 470. The predicted molar refractivity (Wildman–Crippen MR) is 90.2 cm³/mol. The summed E-state index contributed by atoms with van der Waals surface area (Å²) < 4.78 is 0. The van der Waals surface area contributed by atoms with E-state index in [1.807, 2.05) is 0 Å². The normalized spacial score (nSPS) is 11.7. The summed E-state index contributed by atoms with van der Waals surface area (Å²) in [5, 5.41) is 0. The summed E-state index contributed by atoms with van der Waals surface area (Å²) in [6.45, 7) is 15.6. The molecule has 0 atom stereocenters. The van der Waals surface area contributed by atoms with Crippen molar-refractivity contribution in [3.8, 4) is 6.07 Å². The van der Waals surface area contributed by atoms with Crippen LogP contribution in [0.4, 0.5) is 5.69 Å². The summed E-state index contributed by atoms with van der Waals surface area (Å²) >= 11 is 0. The van der Waals surface area contributed by atoms with Crippen LogP contribution in [0.25, 0.3) is 4.85 Å². The molecular formula is C19H30N+. The number of para-hydroxylation sites is 1. The van der Waals surface area contributed by atoms with E-state index >= 15 is 0 Å². The zero-order valence-electron chi connectivity index (χ0n) is 14.2. The molecule has 0 radical (unpaired) electrons. The van der Waals surface area contributed by atoms with Crippen LogP contribution in [0.3, 0.4) is 0 Å². The number of benzene rings is 1. The molecule has 0 heterocycles. The van der Waals surface area contributed by atoms with Gasteiger partial charge in [-0.1, -0.05) is 59.7 Å². The van der Waals surface area contributed by atoms with Gasteiger partial charge in [0.1, 0.15) is 5.41 Å². The van der Waals surface area contributed by atoms with E-state index in [0.717, 1.165) is 18.5 Å². The van der Waals surface area contributed by atoms with Crippen LogP contribution in [0.15, 0.2) is 18.2 Å². The van der Waals surface area contributed by atoms with Crippen LogP contribution < -0.4 is 0 Å². The third-order valence-corrected chi connectivity index (χ3v) is 4.34. The second kappa shape index (κ2) is 6.93. The van der Waals surface area contributed by atoms with E-state index in [0.29, 0.717) is 11.8 Å². The lowest BCUT2D eigenvalue weighted by molar-refractivity contribution is 0.415. The molecule has 1 aromatic rings. The van der Waals surface area contributed by atoms with Gasteiger partial charge in [0.15, 0.2) is 0 Å². The molecule has 0 amide bonds. The molecule has 1 rings (SSSR count). The second-order valence-electron chi connectivity index (χ2n) is 6.59. The molecule has 0 aliphatic carbocycles. The molecule has 0 saturated heterocycles. The van der Waals surface area contributed by atoms with Crippen LogP contribution in [0, 0.1) is 11.5 Å². The van der Waals surface area contributed by atoms with Crippen molar-refractivity contribution in [2.45, 2.75) is 73.1 Å². The molecule has 0 spiro atoms. The Morgan fingerprint density at radius 2 is 1.45 bits per heavy atom. The minimum absolute atomic E-state index is 0.0817. The second-order valence-corrected chi connectivity index (χ2v) is 6.59. The average molecular weight is 272 g/mol. The smallest absolute Gasteiger partial charge is 0.0637 e. The molecule has 20 heavy (non-hydrogen) atoms. The lowest BCUT2D eigenvalue weighted by Gasteiger charge is -2.12. The highest BCUT2D eigenvalue weighted by molar-refractivity contribution is 5.62. The van der Waals surface area contributed by atoms with Crippen LogP contribution in [-0.4, -0.2) is 0 Å². The van der Waals surface area contributed by atoms with Crippen molar-refractivity contribution in [2.24, 2.45) is 5.41 Å². The molecule has 1 aromatic carbocycles. The molecule has 0 aromatic heterocycles. The minimum Gasteiger partial charge on any atom is -0.0637 e. The first kappa shape index (κ1) is 16.8. The van der Waals surface area contributed by atoms with Gasteiger partial charge in [0.05, 0.1) is 0 Å². The van der Waals surface area contributed by atoms with Crippen molar-refractivity contribution >= 4 is 5.69 Å². The van der Waals surface area contributed by atoms with E-state index < -0.39 is 0 Å². The fraction of sp³-hybridized carbons (Fsp3) is 0.632. The van der Waals surface area contributed by atoms with Crippen LogP contribution in [0.2, 0.25) is 0 Å². The first-order valence-electron chi connectivity index (χ1n) is 7.95. The summed E-state index contributed by atoms with van der Waals surface area (Å²) in [5.41, 5.74) is 3.89. The van der Waals surface area contributed by atoms with Gasteiger partial charge in [-0.3, -0.25) is 0 Å². The van der Waals surface area contributed by atoms with E-state index in [1.165, 1.54) is 11.1 Å². The lowest BCUT2D eigenvalue weighted by atomic mass is 9.86. The van der Waals surface area contributed by atoms with E-state index in [4.69, 9.17) is 4.85 Å². The monoisotopic (exact) mass is 272 g/mol. The SMILES string of the molecule is CCC(C)(C#[N+]c1c(C(C)C)cccc1C(C)C)CC. The molecule has 0 aliphatic rings. The van der Waals surface area contributed by atoms with Crippen molar-refractivity contribution in [3.63, 3.8) is 0 Å². The maximum Gasteiger partial charge on any atom is 0.347 e. The molecule has 0 bridgehead atoms. The molecular weight excluding hydrogens is 242 g/mol. The zero-order chi connectivity index (χ0) is 15.3. The van der Waals surface area contributed by atoms with Crippen LogP contribution in [0.5, 0.6) is 0 Å². The molecule has 1 nitrogen and oxygen atoms in total. The van der Waals surface area contributed by atoms with Crippen molar-refractivity contribution in [1.82, 2.24) is 0 Å². The Balaban J connectivity index is 3.39. The average Bonchev–Trinajstić information content (AvgIpc) is 2.44. The van der Waals surface area contributed by atoms with Gasteiger partial charge in [-0.2, -0.15) is 0 Å². The van der Waals surface area contributed by atoms with Gasteiger partial charge in [-0.25, -0.2) is 0 Å². The molecule has 1 heteroatoms. The van der Waals surface area contributed by atoms with Crippen molar-refractivity contribution < 1.29 is 0 Å². The lowest BCUT2D eigenvalue weighted by Crippen LogP contribution is -2.09. The Labute approximate surface area is 125 Å². The molecule has 110 valence electrons. The Kier molecular flexibility index (Phi) is 5.81. The molecule has 0 fully saturated rings. The molecule has 0 aliphatic heterocycles. The Morgan fingerprint density at radius 3 is 1.80 bits per heavy atom. The summed E-state index contributed by atoms with van der Waals surface area (Å²) in [6.07, 6.45) is 2.15. The van der Waals surface area contributed by atoms with Crippen molar-refractivity contribution in [1.29, 1.82) is 0 Å². The minimum atomic E-state index is 0.0817. The zero-order valence-corrected chi connectivity index (χ0v) is 14.2. The van der Waals surface area contributed by atoms with Crippen molar-refractivity contribution in [3.05, 3.63) is 34.2 Å². The fourth-order valence-electron chi connectivity index (χ4n) is 2.24. The quantitative estimate of drug-likeness (QED) is 0.572. The number of hydrogen-bond acceptors (Lipinski definition) is 0. The summed E-state index contributed by atoms with van der Waals surface area (Å²) in [5.74, 6) is 0.979. The van der Waals surface area contributed by atoms with E-state index in [1.54, 1.807) is 0 Å². The highest BCUT2D eigenvalue weighted by atomic mass is 14.7. The molecule has 0 N–H and O–H groups in total. The Hall–Kier alpha value is -1.29. The van der Waals surface area contributed by atoms with Gasteiger partial charge in [0.25, 0.3) is 6.07 Å². The molecule has 0 saturated carbocycles. The van der Waals surface area contributed by atoms with Gasteiger partial charge >= 0.3 is 5.69 Å². The number of rotatable bonds is 4. The largest absolute Gasteiger partial charge is 0.347 e. The van der Waals surface area contributed by atoms with Gasteiger partial charge in [0.2, 0.25) is 0 Å². The van der Waals surface area contributed by atoms with Crippen LogP contribution >= 0.6 is 0 Å². The third-order valence-electron chi connectivity index (χ3n) is 4.34. The highest BCUT2D eigenvalue weighted by Gasteiger charge is 2.26. The number of nitrogens with zero attached hydrogens (tertiary/aromatic N) is 1. The van der Waals surface area contributed by atoms with Gasteiger partial charge in [-0.05, 0) is 36.4 Å². The Morgan fingerprint density at radius 1 is 1.00 bits per heavy atom. The third kappa shape index (κ3) is 3.85. The van der Waals surface area contributed by atoms with E-state index in [9.17, 15) is 0 Å². The van der Waals surface area contributed by atoms with E-state index in [2.05, 4.69) is 72.7 Å². The van der Waals surface area contributed by atoms with Gasteiger partial charge in [0, 0.05) is 11.1 Å². The van der Waals surface area contributed by atoms with Crippen LogP contribution in [-0.2, 0) is 0 Å². The van der Waals surface area contributed by atoms with Gasteiger partial charge < -0.3 is 0 Å². The maximum atomic E-state index is 4.81. The van der Waals surface area contributed by atoms with E-state index in [-0.39, 0.29) is 5.41 Å². The summed E-state index contributed by atoms with van der Waals surface area (Å²) in [6, 6.07) is 9.98. The topological polar surface area (TPSA) is 4.36 Å². The first-order chi connectivity index (χ1) is 9.34.